The van der Waals surface area contributed by atoms with E-state index in [0.29, 0.717) is 39.9 Å². The minimum Gasteiger partial charge on any atom is -0.496 e. The van der Waals surface area contributed by atoms with E-state index in [1.54, 1.807) is 24.4 Å². The molecule has 0 spiro atoms. The number of aliphatic hydroxyl groups is 1. The highest BCUT2D eigenvalue weighted by molar-refractivity contribution is 5.94. The monoisotopic (exact) mass is 441 g/mol. The second kappa shape index (κ2) is 9.79. The fraction of sp³-hybridized carbons (Fsp3) is 0.429. The van der Waals surface area contributed by atoms with Crippen LogP contribution >= 0.6 is 0 Å². The number of aliphatic hydroxyl groups excluding tert-OH is 1. The van der Waals surface area contributed by atoms with Crippen LogP contribution in [0.2, 0.25) is 0 Å². The summed E-state index contributed by atoms with van der Waals surface area (Å²) in [7, 11) is 1.53. The van der Waals surface area contributed by atoms with Crippen molar-refractivity contribution in [1.29, 1.82) is 0 Å². The van der Waals surface area contributed by atoms with Crippen LogP contribution in [0.5, 0.6) is 5.75 Å². The summed E-state index contributed by atoms with van der Waals surface area (Å²) in [6.45, 7) is 2.91. The molecule has 3 heterocycles. The Kier molecular flexibility index (Phi) is 6.66. The molecule has 170 valence electrons. The smallest absolute Gasteiger partial charge is 0.328 e. The number of carbonyl (C=O) groups is 1. The van der Waals surface area contributed by atoms with E-state index in [9.17, 15) is 9.59 Å². The lowest BCUT2D eigenvalue weighted by molar-refractivity contribution is 0.0944. The number of fused-ring (bicyclic) bond motifs is 1. The van der Waals surface area contributed by atoms with Crippen LogP contribution in [0.4, 0.5) is 5.95 Å². The number of amides is 1. The van der Waals surface area contributed by atoms with Gasteiger partial charge >= 0.3 is 5.69 Å². The number of ether oxygens (including phenoxy) is 1. The zero-order chi connectivity index (χ0) is 22.5. The summed E-state index contributed by atoms with van der Waals surface area (Å²) in [5.41, 5.74) is 1.72. The second-order valence-corrected chi connectivity index (χ2v) is 7.69. The first kappa shape index (κ1) is 21.8. The Hall–Kier alpha value is -3.44. The van der Waals surface area contributed by atoms with Crippen LogP contribution in [-0.2, 0) is 6.54 Å². The summed E-state index contributed by atoms with van der Waals surface area (Å²) < 4.78 is 6.93. The molecule has 5 N–H and O–H groups in total. The van der Waals surface area contributed by atoms with Gasteiger partial charge in [0.25, 0.3) is 5.91 Å². The van der Waals surface area contributed by atoms with Crippen LogP contribution in [-0.4, -0.2) is 70.4 Å². The lowest BCUT2D eigenvalue weighted by atomic mass is 10.1. The molecule has 0 bridgehead atoms. The molecule has 1 fully saturated rings. The largest absolute Gasteiger partial charge is 0.496 e. The van der Waals surface area contributed by atoms with E-state index in [0.717, 1.165) is 26.1 Å². The predicted octanol–water partition coefficient (Wildman–Crippen LogP) is -0.0800. The van der Waals surface area contributed by atoms with Gasteiger partial charge in [0.2, 0.25) is 5.95 Å². The SMILES string of the molecule is COc1ccc(C(=O)NCCO)cc1Cn1c(=O)[nH]c2cnc(NC[C@@H]3CCNC3)nc21. The summed E-state index contributed by atoms with van der Waals surface area (Å²) in [4.78, 5) is 36.6. The quantitative estimate of drug-likeness (QED) is 0.310. The summed E-state index contributed by atoms with van der Waals surface area (Å²) in [6, 6.07) is 4.99. The minimum atomic E-state index is -0.330. The van der Waals surface area contributed by atoms with Crippen molar-refractivity contribution in [2.24, 2.45) is 5.92 Å². The molecule has 1 aliphatic heterocycles. The molecular formula is C21H27N7O4. The van der Waals surface area contributed by atoms with Crippen LogP contribution in [0.15, 0.2) is 29.2 Å². The highest BCUT2D eigenvalue weighted by Gasteiger charge is 2.17. The van der Waals surface area contributed by atoms with Gasteiger partial charge in [0, 0.05) is 24.2 Å². The van der Waals surface area contributed by atoms with Gasteiger partial charge in [0.15, 0.2) is 5.65 Å². The van der Waals surface area contributed by atoms with E-state index in [-0.39, 0.29) is 31.3 Å². The molecule has 0 radical (unpaired) electrons. The van der Waals surface area contributed by atoms with Crippen molar-refractivity contribution >= 4 is 23.0 Å². The Labute approximate surface area is 184 Å². The maximum absolute atomic E-state index is 12.6. The maximum atomic E-state index is 12.6. The number of rotatable bonds is 9. The lowest BCUT2D eigenvalue weighted by Crippen LogP contribution is -2.26. The van der Waals surface area contributed by atoms with Crippen molar-refractivity contribution in [2.45, 2.75) is 13.0 Å². The number of H-pyrrole nitrogens is 1. The van der Waals surface area contributed by atoms with E-state index in [2.05, 4.69) is 30.9 Å². The molecule has 32 heavy (non-hydrogen) atoms. The van der Waals surface area contributed by atoms with E-state index < -0.39 is 0 Å². The molecule has 0 saturated carbocycles. The van der Waals surface area contributed by atoms with Crippen molar-refractivity contribution in [3.05, 3.63) is 46.0 Å². The lowest BCUT2D eigenvalue weighted by Gasteiger charge is -2.12. The standard InChI is InChI=1S/C21H27N7O4/c1-32-17-3-2-14(19(30)23-6-7-29)8-15(17)12-28-18-16(26-21(28)31)11-25-20(27-18)24-10-13-4-5-22-9-13/h2-3,8,11,13,22,29H,4-7,9-10,12H2,1H3,(H,23,30)(H,26,31)(H,24,25,27)/t13-/m1/s1. The number of benzene rings is 1. The highest BCUT2D eigenvalue weighted by atomic mass is 16.5. The van der Waals surface area contributed by atoms with Gasteiger partial charge in [-0.3, -0.25) is 9.36 Å². The average Bonchev–Trinajstić information content (AvgIpc) is 3.44. The van der Waals surface area contributed by atoms with Crippen LogP contribution in [0.3, 0.4) is 0 Å². The third kappa shape index (κ3) is 4.73. The first-order valence-corrected chi connectivity index (χ1v) is 10.5. The van der Waals surface area contributed by atoms with Crippen molar-refractivity contribution < 1.29 is 14.6 Å². The number of aromatic amines is 1. The number of nitrogens with one attached hydrogen (secondary N) is 4. The van der Waals surface area contributed by atoms with Crippen molar-refractivity contribution in [3.63, 3.8) is 0 Å². The molecule has 1 saturated heterocycles. The van der Waals surface area contributed by atoms with Crippen LogP contribution < -0.4 is 26.4 Å². The molecule has 11 heteroatoms. The fourth-order valence-corrected chi connectivity index (χ4v) is 3.79. The van der Waals surface area contributed by atoms with Gasteiger partial charge < -0.3 is 30.8 Å². The Morgan fingerprint density at radius 2 is 2.28 bits per heavy atom. The maximum Gasteiger partial charge on any atom is 0.328 e. The third-order valence-electron chi connectivity index (χ3n) is 5.49. The first-order valence-electron chi connectivity index (χ1n) is 10.5. The van der Waals surface area contributed by atoms with Gasteiger partial charge in [-0.25, -0.2) is 9.78 Å². The molecule has 3 aromatic rings. The average molecular weight is 441 g/mol. The Morgan fingerprint density at radius 3 is 3.03 bits per heavy atom. The zero-order valence-electron chi connectivity index (χ0n) is 17.9. The Bertz CT molecular complexity index is 1150. The summed E-state index contributed by atoms with van der Waals surface area (Å²) in [5.74, 6) is 1.21. The van der Waals surface area contributed by atoms with E-state index in [1.165, 1.54) is 11.7 Å². The summed E-state index contributed by atoms with van der Waals surface area (Å²) >= 11 is 0. The molecule has 0 aliphatic carbocycles. The number of anilines is 1. The molecule has 0 unspecified atom stereocenters. The van der Waals surface area contributed by atoms with Crippen LogP contribution in [0.25, 0.3) is 11.2 Å². The van der Waals surface area contributed by atoms with Gasteiger partial charge in [-0.15, -0.1) is 0 Å². The predicted molar refractivity (Wildman–Crippen MR) is 119 cm³/mol. The summed E-state index contributed by atoms with van der Waals surface area (Å²) in [6.07, 6.45) is 2.69. The number of imidazole rings is 1. The topological polar surface area (TPSA) is 146 Å². The van der Waals surface area contributed by atoms with E-state index in [4.69, 9.17) is 9.84 Å². The van der Waals surface area contributed by atoms with E-state index in [1.807, 2.05) is 0 Å². The number of nitrogens with zero attached hydrogens (tertiary/aromatic N) is 3. The molecule has 11 nitrogen and oxygen atoms in total. The second-order valence-electron chi connectivity index (χ2n) is 7.69. The molecular weight excluding hydrogens is 414 g/mol. The molecule has 1 aliphatic rings. The molecule has 2 aromatic heterocycles. The number of aromatic nitrogens is 4. The molecule has 1 aromatic carbocycles. The van der Waals surface area contributed by atoms with Gasteiger partial charge in [0.05, 0.1) is 26.5 Å². The molecule has 4 rings (SSSR count). The molecule has 1 amide bonds. The van der Waals surface area contributed by atoms with Gasteiger partial charge in [0.1, 0.15) is 11.3 Å². The van der Waals surface area contributed by atoms with Gasteiger partial charge in [-0.2, -0.15) is 4.98 Å². The van der Waals surface area contributed by atoms with Gasteiger partial charge in [-0.1, -0.05) is 0 Å². The van der Waals surface area contributed by atoms with Crippen molar-refractivity contribution in [2.75, 3.05) is 45.2 Å². The Balaban J connectivity index is 1.61. The fourth-order valence-electron chi connectivity index (χ4n) is 3.79. The van der Waals surface area contributed by atoms with Crippen LogP contribution in [0, 0.1) is 5.92 Å². The minimum absolute atomic E-state index is 0.146. The van der Waals surface area contributed by atoms with Crippen molar-refractivity contribution in [3.8, 4) is 5.75 Å². The zero-order valence-corrected chi connectivity index (χ0v) is 17.9. The summed E-state index contributed by atoms with van der Waals surface area (Å²) in [5, 5.41) is 18.1. The number of hydrogen-bond donors (Lipinski definition) is 5. The third-order valence-corrected chi connectivity index (χ3v) is 5.49. The van der Waals surface area contributed by atoms with E-state index >= 15 is 0 Å². The van der Waals surface area contributed by atoms with Crippen molar-refractivity contribution in [1.82, 2.24) is 30.2 Å². The van der Waals surface area contributed by atoms with Gasteiger partial charge in [-0.05, 0) is 43.6 Å². The Morgan fingerprint density at radius 1 is 1.41 bits per heavy atom. The highest BCUT2D eigenvalue weighted by Crippen LogP contribution is 2.22. The normalized spacial score (nSPS) is 15.8. The van der Waals surface area contributed by atoms with Crippen LogP contribution in [0.1, 0.15) is 22.3 Å². The first-order chi connectivity index (χ1) is 15.6. The molecule has 1 atom stereocenters. The number of carbonyl (C=O) groups excluding carboxylic acids is 1. The number of hydrogen-bond acceptors (Lipinski definition) is 8. The number of methoxy groups -OCH3 is 1.